The van der Waals surface area contributed by atoms with Gasteiger partial charge < -0.3 is 0 Å². The Morgan fingerprint density at radius 1 is 1.26 bits per heavy atom. The second-order valence-electron chi connectivity index (χ2n) is 4.37. The Morgan fingerprint density at radius 2 is 1.95 bits per heavy atom. The molecule has 1 aromatic heterocycles. The molecule has 0 atom stereocenters. The van der Waals surface area contributed by atoms with E-state index in [1.54, 1.807) is 24.4 Å². The van der Waals surface area contributed by atoms with Gasteiger partial charge in [0, 0.05) is 6.20 Å². The molecule has 0 radical (unpaired) electrons. The number of hydrogen-bond acceptors (Lipinski definition) is 2. The van der Waals surface area contributed by atoms with Crippen molar-refractivity contribution in [2.24, 2.45) is 0 Å². The van der Waals surface area contributed by atoms with Crippen molar-refractivity contribution in [1.82, 2.24) is 3.97 Å². The molecule has 0 N–H and O–H groups in total. The number of rotatable bonds is 3. The van der Waals surface area contributed by atoms with Gasteiger partial charge in [-0.2, -0.15) is 0 Å². The Morgan fingerprint density at radius 3 is 2.47 bits per heavy atom. The fourth-order valence-electron chi connectivity index (χ4n) is 1.93. The van der Waals surface area contributed by atoms with Gasteiger partial charge in [-0.1, -0.05) is 30.4 Å². The van der Waals surface area contributed by atoms with E-state index >= 15 is 0 Å². The van der Waals surface area contributed by atoms with Crippen LogP contribution in [0.15, 0.2) is 41.9 Å². The van der Waals surface area contributed by atoms with Gasteiger partial charge in [-0.05, 0) is 59.7 Å². The van der Waals surface area contributed by atoms with Crippen LogP contribution in [0, 0.1) is 17.5 Å². The first-order valence-electron chi connectivity index (χ1n) is 5.69. The minimum atomic E-state index is -3.54. The highest BCUT2D eigenvalue weighted by Gasteiger charge is 2.21. The SMILES string of the molecule is C=Cc1cc(I)n(S(=O)(=O)c2ccc(C)cc2C)c1. The fourth-order valence-corrected chi connectivity index (χ4v) is 4.66. The van der Waals surface area contributed by atoms with Crippen molar-refractivity contribution in [2.75, 3.05) is 0 Å². The summed E-state index contributed by atoms with van der Waals surface area (Å²) in [4.78, 5) is 0.335. The molecule has 2 rings (SSSR count). The summed E-state index contributed by atoms with van der Waals surface area (Å²) < 4.78 is 27.2. The van der Waals surface area contributed by atoms with Crippen molar-refractivity contribution in [1.29, 1.82) is 0 Å². The first kappa shape index (κ1) is 14.3. The average molecular weight is 387 g/mol. The molecule has 1 heterocycles. The zero-order valence-electron chi connectivity index (χ0n) is 10.7. The van der Waals surface area contributed by atoms with Crippen LogP contribution in [-0.2, 0) is 10.0 Å². The van der Waals surface area contributed by atoms with E-state index in [4.69, 9.17) is 0 Å². The van der Waals surface area contributed by atoms with Crippen LogP contribution in [0.4, 0.5) is 0 Å². The van der Waals surface area contributed by atoms with Gasteiger partial charge in [-0.3, -0.25) is 0 Å². The molecule has 100 valence electrons. The molecule has 0 unspecified atom stereocenters. The quantitative estimate of drug-likeness (QED) is 0.756. The Balaban J connectivity index is 2.65. The van der Waals surface area contributed by atoms with E-state index in [0.717, 1.165) is 16.7 Å². The Bertz CT molecular complexity index is 745. The lowest BCUT2D eigenvalue weighted by Crippen LogP contribution is -2.14. The topological polar surface area (TPSA) is 39.1 Å². The number of benzene rings is 1. The molecule has 5 heteroatoms. The lowest BCUT2D eigenvalue weighted by Gasteiger charge is -2.10. The van der Waals surface area contributed by atoms with Gasteiger partial charge >= 0.3 is 0 Å². The lowest BCUT2D eigenvalue weighted by molar-refractivity contribution is 0.586. The molecule has 2 aromatic rings. The van der Waals surface area contributed by atoms with Gasteiger partial charge in [0.25, 0.3) is 10.0 Å². The first-order chi connectivity index (χ1) is 8.86. The third-order valence-corrected chi connectivity index (χ3v) is 5.86. The summed E-state index contributed by atoms with van der Waals surface area (Å²) >= 11 is 2.01. The summed E-state index contributed by atoms with van der Waals surface area (Å²) in [6.07, 6.45) is 3.22. The van der Waals surface area contributed by atoms with E-state index in [2.05, 4.69) is 6.58 Å². The summed E-state index contributed by atoms with van der Waals surface area (Å²) in [6.45, 7) is 7.41. The standard InChI is InChI=1S/C14H14INO2S/c1-4-12-8-14(15)16(9-12)19(17,18)13-6-5-10(2)7-11(13)3/h4-9H,1H2,2-3H3. The second-order valence-corrected chi connectivity index (χ2v) is 7.26. The molecule has 0 aliphatic heterocycles. The van der Waals surface area contributed by atoms with Crippen LogP contribution in [-0.4, -0.2) is 12.4 Å². The number of hydrogen-bond donors (Lipinski definition) is 0. The van der Waals surface area contributed by atoms with Crippen molar-refractivity contribution >= 4 is 38.7 Å². The molecule has 0 saturated heterocycles. The van der Waals surface area contributed by atoms with E-state index in [9.17, 15) is 8.42 Å². The molecular weight excluding hydrogens is 373 g/mol. The Kier molecular flexibility index (Phi) is 3.87. The van der Waals surface area contributed by atoms with E-state index in [0.29, 0.717) is 8.60 Å². The predicted molar refractivity (Wildman–Crippen MR) is 85.7 cm³/mol. The third-order valence-electron chi connectivity index (χ3n) is 2.87. The molecule has 0 bridgehead atoms. The van der Waals surface area contributed by atoms with Gasteiger partial charge in [0.2, 0.25) is 0 Å². The fraction of sp³-hybridized carbons (Fsp3) is 0.143. The molecule has 19 heavy (non-hydrogen) atoms. The monoisotopic (exact) mass is 387 g/mol. The van der Waals surface area contributed by atoms with Crippen LogP contribution in [0.2, 0.25) is 0 Å². The summed E-state index contributed by atoms with van der Waals surface area (Å²) in [6, 6.07) is 7.13. The first-order valence-corrected chi connectivity index (χ1v) is 8.21. The van der Waals surface area contributed by atoms with E-state index < -0.39 is 10.0 Å². The molecular formula is C14H14INO2S. The van der Waals surface area contributed by atoms with Crippen molar-refractivity contribution in [3.63, 3.8) is 0 Å². The van der Waals surface area contributed by atoms with Gasteiger partial charge in [-0.25, -0.2) is 12.4 Å². The molecule has 3 nitrogen and oxygen atoms in total. The third kappa shape index (κ3) is 2.62. The van der Waals surface area contributed by atoms with Gasteiger partial charge in [0.15, 0.2) is 0 Å². The molecule has 0 aliphatic carbocycles. The van der Waals surface area contributed by atoms with E-state index in [1.165, 1.54) is 3.97 Å². The van der Waals surface area contributed by atoms with Crippen molar-refractivity contribution in [3.05, 3.63) is 57.4 Å². The summed E-state index contributed by atoms with van der Waals surface area (Å²) in [5, 5.41) is 0. The smallest absolute Gasteiger partial charge is 0.235 e. The average Bonchev–Trinajstić information content (AvgIpc) is 2.70. The number of aromatic nitrogens is 1. The van der Waals surface area contributed by atoms with Crippen molar-refractivity contribution in [3.8, 4) is 0 Å². The van der Waals surface area contributed by atoms with Gasteiger partial charge in [0.1, 0.15) is 0 Å². The molecule has 0 amide bonds. The van der Waals surface area contributed by atoms with Crippen LogP contribution in [0.5, 0.6) is 0 Å². The maximum absolute atomic E-state index is 12.6. The van der Waals surface area contributed by atoms with E-state index in [-0.39, 0.29) is 0 Å². The maximum Gasteiger partial charge on any atom is 0.268 e. The predicted octanol–water partition coefficient (Wildman–Crippen LogP) is 3.59. The minimum Gasteiger partial charge on any atom is -0.235 e. The highest BCUT2D eigenvalue weighted by atomic mass is 127. The lowest BCUT2D eigenvalue weighted by atomic mass is 10.2. The zero-order chi connectivity index (χ0) is 14.2. The Labute approximate surface area is 127 Å². The molecule has 0 fully saturated rings. The summed E-state index contributed by atoms with van der Waals surface area (Å²) in [5.74, 6) is 0. The number of halogens is 1. The molecule has 0 saturated carbocycles. The zero-order valence-corrected chi connectivity index (χ0v) is 13.7. The molecule has 1 aromatic carbocycles. The van der Waals surface area contributed by atoms with Crippen molar-refractivity contribution in [2.45, 2.75) is 18.7 Å². The van der Waals surface area contributed by atoms with Crippen LogP contribution < -0.4 is 0 Å². The van der Waals surface area contributed by atoms with Crippen LogP contribution in [0.25, 0.3) is 6.08 Å². The molecule has 0 spiro atoms. The second kappa shape index (κ2) is 5.13. The number of nitrogens with zero attached hydrogens (tertiary/aromatic N) is 1. The van der Waals surface area contributed by atoms with Crippen LogP contribution in [0.1, 0.15) is 16.7 Å². The van der Waals surface area contributed by atoms with E-state index in [1.807, 2.05) is 48.6 Å². The summed E-state index contributed by atoms with van der Waals surface area (Å²) in [5.41, 5.74) is 2.59. The summed E-state index contributed by atoms with van der Waals surface area (Å²) in [7, 11) is -3.54. The highest BCUT2D eigenvalue weighted by Crippen LogP contribution is 2.23. The van der Waals surface area contributed by atoms with Crippen LogP contribution in [0.3, 0.4) is 0 Å². The largest absolute Gasteiger partial charge is 0.268 e. The Hall–Kier alpha value is -1.08. The van der Waals surface area contributed by atoms with Gasteiger partial charge in [-0.15, -0.1) is 0 Å². The number of aryl methyl sites for hydroxylation is 2. The van der Waals surface area contributed by atoms with Crippen molar-refractivity contribution < 1.29 is 8.42 Å². The maximum atomic E-state index is 12.6. The molecule has 0 aliphatic rings. The van der Waals surface area contributed by atoms with Gasteiger partial charge in [0.05, 0.1) is 8.60 Å². The van der Waals surface area contributed by atoms with Crippen LogP contribution >= 0.6 is 22.6 Å². The normalized spacial score (nSPS) is 11.5. The highest BCUT2D eigenvalue weighted by molar-refractivity contribution is 14.1. The minimum absolute atomic E-state index is 0.335.